The summed E-state index contributed by atoms with van der Waals surface area (Å²) >= 11 is 0. The summed E-state index contributed by atoms with van der Waals surface area (Å²) in [6.45, 7) is 4.02. The summed E-state index contributed by atoms with van der Waals surface area (Å²) in [5.74, 6) is 0.768. The molecule has 1 aliphatic heterocycles. The molecule has 1 heterocycles. The summed E-state index contributed by atoms with van der Waals surface area (Å²) in [7, 11) is 0. The van der Waals surface area contributed by atoms with E-state index in [1.807, 2.05) is 13.0 Å². The third-order valence-electron chi connectivity index (χ3n) is 2.19. The van der Waals surface area contributed by atoms with Crippen LogP contribution in [0.15, 0.2) is 11.8 Å². The van der Waals surface area contributed by atoms with Crippen LogP contribution in [0.4, 0.5) is 4.79 Å². The van der Waals surface area contributed by atoms with Crippen LogP contribution in [0.2, 0.25) is 0 Å². The van der Waals surface area contributed by atoms with Crippen molar-refractivity contribution in [1.82, 2.24) is 0 Å². The molecule has 0 aromatic carbocycles. The van der Waals surface area contributed by atoms with Gasteiger partial charge in [0.15, 0.2) is 0 Å². The lowest BCUT2D eigenvalue weighted by Gasteiger charge is -2.18. The molecule has 1 aliphatic rings. The molecule has 0 fully saturated rings. The highest BCUT2D eigenvalue weighted by Crippen LogP contribution is 2.18. The van der Waals surface area contributed by atoms with Gasteiger partial charge < -0.3 is 9.47 Å². The number of cyclic esters (lactones) is 2. The first kappa shape index (κ1) is 11.1. The molecule has 1 unspecified atom stereocenters. The van der Waals surface area contributed by atoms with Gasteiger partial charge in [-0.15, -0.1) is 0 Å². The molecule has 0 aromatic heterocycles. The molecule has 0 amide bonds. The highest BCUT2D eigenvalue weighted by Gasteiger charge is 2.18. The molecule has 0 spiro atoms. The number of carbonyl (C=O) groups excluding carboxylic acids is 1. The molecule has 0 saturated heterocycles. The van der Waals surface area contributed by atoms with Crippen LogP contribution in [0, 0.1) is 0 Å². The minimum atomic E-state index is -0.564. The van der Waals surface area contributed by atoms with E-state index in [-0.39, 0.29) is 6.10 Å². The first-order valence-corrected chi connectivity index (χ1v) is 5.31. The predicted molar refractivity (Wildman–Crippen MR) is 53.9 cm³/mol. The van der Waals surface area contributed by atoms with Crippen molar-refractivity contribution in [1.29, 1.82) is 0 Å². The van der Waals surface area contributed by atoms with Crippen molar-refractivity contribution in [3.8, 4) is 0 Å². The van der Waals surface area contributed by atoms with E-state index in [4.69, 9.17) is 9.47 Å². The van der Waals surface area contributed by atoms with Crippen molar-refractivity contribution in [3.63, 3.8) is 0 Å². The maximum atomic E-state index is 10.9. The quantitative estimate of drug-likeness (QED) is 0.501. The zero-order valence-electron chi connectivity index (χ0n) is 8.91. The van der Waals surface area contributed by atoms with Gasteiger partial charge in [-0.05, 0) is 19.4 Å². The van der Waals surface area contributed by atoms with E-state index >= 15 is 0 Å². The standard InChI is InChI=1S/C11H18O3/c1-3-4-5-6-7-10-8-9(2)13-11(12)14-10/h8-9H,3-7H2,1-2H3. The molecule has 1 atom stereocenters. The van der Waals surface area contributed by atoms with Crippen molar-refractivity contribution in [2.45, 2.75) is 52.1 Å². The average molecular weight is 198 g/mol. The van der Waals surface area contributed by atoms with Gasteiger partial charge in [0.2, 0.25) is 0 Å². The van der Waals surface area contributed by atoms with E-state index in [1.54, 1.807) is 0 Å². The van der Waals surface area contributed by atoms with Gasteiger partial charge in [0.05, 0.1) is 0 Å². The van der Waals surface area contributed by atoms with Crippen LogP contribution < -0.4 is 0 Å². The number of allylic oxidation sites excluding steroid dienone is 1. The zero-order valence-corrected chi connectivity index (χ0v) is 8.91. The molecule has 80 valence electrons. The summed E-state index contributed by atoms with van der Waals surface area (Å²) in [6, 6.07) is 0. The number of hydrogen-bond acceptors (Lipinski definition) is 3. The van der Waals surface area contributed by atoms with Crippen molar-refractivity contribution in [2.24, 2.45) is 0 Å². The first-order chi connectivity index (χ1) is 6.72. The Morgan fingerprint density at radius 1 is 1.36 bits per heavy atom. The van der Waals surface area contributed by atoms with Crippen LogP contribution in [0.1, 0.15) is 46.0 Å². The van der Waals surface area contributed by atoms with E-state index in [2.05, 4.69) is 6.92 Å². The molecule has 0 aliphatic carbocycles. The molecule has 0 aromatic rings. The van der Waals surface area contributed by atoms with Gasteiger partial charge in [-0.25, -0.2) is 4.79 Å². The van der Waals surface area contributed by atoms with Crippen LogP contribution in [0.25, 0.3) is 0 Å². The van der Waals surface area contributed by atoms with Crippen LogP contribution in [-0.4, -0.2) is 12.3 Å². The van der Waals surface area contributed by atoms with Crippen LogP contribution >= 0.6 is 0 Å². The van der Waals surface area contributed by atoms with Crippen molar-refractivity contribution in [2.75, 3.05) is 0 Å². The Labute approximate surface area is 85.1 Å². The Balaban J connectivity index is 2.26. The van der Waals surface area contributed by atoms with E-state index in [0.29, 0.717) is 0 Å². The molecule has 14 heavy (non-hydrogen) atoms. The second-order valence-electron chi connectivity index (χ2n) is 3.62. The molecule has 3 heteroatoms. The topological polar surface area (TPSA) is 35.5 Å². The van der Waals surface area contributed by atoms with Crippen molar-refractivity contribution < 1.29 is 14.3 Å². The van der Waals surface area contributed by atoms with Gasteiger partial charge in [0.1, 0.15) is 11.9 Å². The number of ether oxygens (including phenoxy) is 2. The van der Waals surface area contributed by atoms with E-state index in [1.165, 1.54) is 19.3 Å². The van der Waals surface area contributed by atoms with Gasteiger partial charge in [0.25, 0.3) is 0 Å². The maximum absolute atomic E-state index is 10.9. The number of rotatable bonds is 5. The Morgan fingerprint density at radius 3 is 2.79 bits per heavy atom. The van der Waals surface area contributed by atoms with Crippen LogP contribution in [0.3, 0.4) is 0 Å². The number of carbonyl (C=O) groups is 1. The van der Waals surface area contributed by atoms with Crippen molar-refractivity contribution >= 4 is 6.16 Å². The van der Waals surface area contributed by atoms with Gasteiger partial charge in [0, 0.05) is 6.42 Å². The lowest BCUT2D eigenvalue weighted by atomic mass is 10.1. The fourth-order valence-corrected chi connectivity index (χ4v) is 1.47. The normalized spacial score (nSPS) is 21.1. The van der Waals surface area contributed by atoms with E-state index in [0.717, 1.165) is 18.6 Å². The average Bonchev–Trinajstić information content (AvgIpc) is 2.11. The van der Waals surface area contributed by atoms with Crippen molar-refractivity contribution in [3.05, 3.63) is 11.8 Å². The predicted octanol–water partition coefficient (Wildman–Crippen LogP) is 3.40. The highest BCUT2D eigenvalue weighted by molar-refractivity contribution is 5.63. The highest BCUT2D eigenvalue weighted by atomic mass is 16.7. The minimum Gasteiger partial charge on any atom is -0.427 e. The summed E-state index contributed by atoms with van der Waals surface area (Å²) in [6.07, 6.45) is 6.75. The third kappa shape index (κ3) is 3.81. The first-order valence-electron chi connectivity index (χ1n) is 5.31. The van der Waals surface area contributed by atoms with E-state index < -0.39 is 6.16 Å². The molecule has 0 N–H and O–H groups in total. The van der Waals surface area contributed by atoms with E-state index in [9.17, 15) is 4.79 Å². The number of hydrogen-bond donors (Lipinski definition) is 0. The third-order valence-corrected chi connectivity index (χ3v) is 2.19. The number of unbranched alkanes of at least 4 members (excludes halogenated alkanes) is 3. The second kappa shape index (κ2) is 5.68. The van der Waals surface area contributed by atoms with Gasteiger partial charge in [-0.1, -0.05) is 26.2 Å². The summed E-state index contributed by atoms with van der Waals surface area (Å²) < 4.78 is 9.74. The van der Waals surface area contributed by atoms with Gasteiger partial charge >= 0.3 is 6.16 Å². The monoisotopic (exact) mass is 198 g/mol. The summed E-state index contributed by atoms with van der Waals surface area (Å²) in [5, 5.41) is 0. The molecular formula is C11H18O3. The fourth-order valence-electron chi connectivity index (χ4n) is 1.47. The smallest absolute Gasteiger partial charge is 0.427 e. The SMILES string of the molecule is CCCCCCC1=CC(C)OC(=O)O1. The Morgan fingerprint density at radius 2 is 2.14 bits per heavy atom. The Hall–Kier alpha value is -0.990. The van der Waals surface area contributed by atoms with Crippen LogP contribution in [-0.2, 0) is 9.47 Å². The molecule has 3 nitrogen and oxygen atoms in total. The largest absolute Gasteiger partial charge is 0.514 e. The summed E-state index contributed by atoms with van der Waals surface area (Å²) in [5.41, 5.74) is 0. The lowest BCUT2D eigenvalue weighted by molar-refractivity contribution is 0.0432. The minimum absolute atomic E-state index is 0.141. The van der Waals surface area contributed by atoms with Gasteiger partial charge in [-0.3, -0.25) is 0 Å². The lowest BCUT2D eigenvalue weighted by Crippen LogP contribution is -2.20. The fraction of sp³-hybridized carbons (Fsp3) is 0.727. The molecule has 0 radical (unpaired) electrons. The maximum Gasteiger partial charge on any atom is 0.514 e. The van der Waals surface area contributed by atoms with Gasteiger partial charge in [-0.2, -0.15) is 0 Å². The summed E-state index contributed by atoms with van der Waals surface area (Å²) in [4.78, 5) is 10.9. The second-order valence-corrected chi connectivity index (χ2v) is 3.62. The zero-order chi connectivity index (χ0) is 10.4. The Kier molecular flexibility index (Phi) is 4.50. The molecule has 0 saturated carbocycles. The molecule has 1 rings (SSSR count). The Bertz CT molecular complexity index is 221. The van der Waals surface area contributed by atoms with Crippen LogP contribution in [0.5, 0.6) is 0 Å². The molecule has 0 bridgehead atoms. The molecular weight excluding hydrogens is 180 g/mol.